The third-order valence-corrected chi connectivity index (χ3v) is 7.48. The number of nitrogens with zero attached hydrogens (tertiary/aromatic N) is 3. The minimum atomic E-state index is -3.56. The summed E-state index contributed by atoms with van der Waals surface area (Å²) in [6, 6.07) is 5.45. The third kappa shape index (κ3) is 4.37. The highest BCUT2D eigenvalue weighted by Crippen LogP contribution is 2.27. The van der Waals surface area contributed by atoms with Gasteiger partial charge in [-0.25, -0.2) is 8.42 Å². The Morgan fingerprint density at radius 3 is 2.57 bits per heavy atom. The number of rotatable bonds is 6. The molecule has 1 aromatic rings. The van der Waals surface area contributed by atoms with Crippen LogP contribution in [-0.2, 0) is 32.6 Å². The van der Waals surface area contributed by atoms with E-state index in [1.807, 2.05) is 20.2 Å². The number of likely N-dealkylation sites (N-methyl/N-ethyl adjacent to an activating group) is 1. The second kappa shape index (κ2) is 8.18. The van der Waals surface area contributed by atoms with Crippen molar-refractivity contribution in [1.82, 2.24) is 14.1 Å². The highest BCUT2D eigenvalue weighted by Gasteiger charge is 2.34. The molecule has 3 rings (SSSR count). The molecule has 1 aromatic carbocycles. The molecule has 1 fully saturated rings. The number of nitrogens with two attached hydrogens (primary N) is 1. The van der Waals surface area contributed by atoms with Gasteiger partial charge in [0.2, 0.25) is 21.8 Å². The van der Waals surface area contributed by atoms with Gasteiger partial charge in [0.25, 0.3) is 0 Å². The fourth-order valence-corrected chi connectivity index (χ4v) is 5.34. The zero-order valence-electron chi connectivity index (χ0n) is 16.4. The van der Waals surface area contributed by atoms with Crippen LogP contribution in [0.15, 0.2) is 23.1 Å². The third-order valence-electron chi connectivity index (χ3n) is 5.62. The molecule has 0 bridgehead atoms. The number of carbonyl (C=O) groups excluding carboxylic acids is 2. The monoisotopic (exact) mass is 408 g/mol. The largest absolute Gasteiger partial charge is 0.370 e. The summed E-state index contributed by atoms with van der Waals surface area (Å²) < 4.78 is 27.7. The number of benzene rings is 1. The first-order valence-corrected chi connectivity index (χ1v) is 11.0. The Morgan fingerprint density at radius 1 is 1.18 bits per heavy atom. The van der Waals surface area contributed by atoms with Crippen molar-refractivity contribution in [3.05, 3.63) is 29.3 Å². The van der Waals surface area contributed by atoms with Gasteiger partial charge in [0.05, 0.1) is 4.90 Å². The van der Waals surface area contributed by atoms with E-state index in [1.165, 1.54) is 4.31 Å². The summed E-state index contributed by atoms with van der Waals surface area (Å²) in [5, 5.41) is 0. The van der Waals surface area contributed by atoms with E-state index < -0.39 is 15.9 Å². The lowest BCUT2D eigenvalue weighted by Gasteiger charge is -2.29. The molecule has 0 saturated carbocycles. The number of sulfonamides is 1. The summed E-state index contributed by atoms with van der Waals surface area (Å²) >= 11 is 0. The Hall–Kier alpha value is -1.97. The second-order valence-corrected chi connectivity index (χ2v) is 9.67. The quantitative estimate of drug-likeness (QED) is 0.722. The van der Waals surface area contributed by atoms with Crippen molar-refractivity contribution in [3.63, 3.8) is 0 Å². The van der Waals surface area contributed by atoms with Crippen LogP contribution in [0.3, 0.4) is 0 Å². The van der Waals surface area contributed by atoms with Crippen molar-refractivity contribution in [3.8, 4) is 0 Å². The van der Waals surface area contributed by atoms with Crippen LogP contribution in [0.4, 0.5) is 0 Å². The molecular formula is C19H28N4O4S. The van der Waals surface area contributed by atoms with Gasteiger partial charge in [-0.3, -0.25) is 9.59 Å². The molecule has 0 radical (unpaired) electrons. The maximum Gasteiger partial charge on any atom is 0.243 e. The Bertz CT molecular complexity index is 869. The van der Waals surface area contributed by atoms with Crippen molar-refractivity contribution in [1.29, 1.82) is 0 Å². The molecule has 9 heteroatoms. The van der Waals surface area contributed by atoms with E-state index in [9.17, 15) is 18.0 Å². The minimum absolute atomic E-state index is 0.0264. The lowest BCUT2D eigenvalue weighted by atomic mass is 9.99. The van der Waals surface area contributed by atoms with Gasteiger partial charge in [0, 0.05) is 45.1 Å². The van der Waals surface area contributed by atoms with Gasteiger partial charge in [-0.15, -0.1) is 0 Å². The summed E-state index contributed by atoms with van der Waals surface area (Å²) in [6.07, 6.45) is 1.60. The molecule has 0 aromatic heterocycles. The van der Waals surface area contributed by atoms with Crippen LogP contribution >= 0.6 is 0 Å². The Kier molecular flexibility index (Phi) is 6.07. The molecule has 2 N–H and O–H groups in total. The lowest BCUT2D eigenvalue weighted by Crippen LogP contribution is -2.37. The summed E-state index contributed by atoms with van der Waals surface area (Å²) in [6.45, 7) is 1.92. The fraction of sp³-hybridized carbons (Fsp3) is 0.579. The smallest absolute Gasteiger partial charge is 0.243 e. The van der Waals surface area contributed by atoms with Crippen LogP contribution in [0, 0.1) is 0 Å². The Morgan fingerprint density at radius 2 is 1.93 bits per heavy atom. The predicted molar refractivity (Wildman–Crippen MR) is 105 cm³/mol. The first kappa shape index (κ1) is 20.8. The van der Waals surface area contributed by atoms with Crippen molar-refractivity contribution in [2.45, 2.75) is 43.2 Å². The Labute approximate surface area is 166 Å². The highest BCUT2D eigenvalue weighted by atomic mass is 32.2. The van der Waals surface area contributed by atoms with Gasteiger partial charge in [0.15, 0.2) is 0 Å². The Balaban J connectivity index is 1.75. The number of carbonyl (C=O) groups is 2. The van der Waals surface area contributed by atoms with Crippen molar-refractivity contribution < 1.29 is 18.0 Å². The summed E-state index contributed by atoms with van der Waals surface area (Å²) in [5.74, 6) is -0.633. The van der Waals surface area contributed by atoms with Gasteiger partial charge in [-0.05, 0) is 50.2 Å². The normalized spacial score (nSPS) is 20.4. The van der Waals surface area contributed by atoms with Crippen LogP contribution in [-0.4, -0.2) is 74.1 Å². The fourth-order valence-electron chi connectivity index (χ4n) is 3.79. The van der Waals surface area contributed by atoms with E-state index in [0.717, 1.165) is 17.5 Å². The average molecular weight is 409 g/mol. The molecule has 2 amide bonds. The van der Waals surface area contributed by atoms with E-state index in [0.29, 0.717) is 32.6 Å². The second-order valence-electron chi connectivity index (χ2n) is 7.73. The van der Waals surface area contributed by atoms with Crippen molar-refractivity contribution in [2.75, 3.05) is 33.7 Å². The van der Waals surface area contributed by atoms with E-state index in [4.69, 9.17) is 5.73 Å². The molecule has 0 spiro atoms. The average Bonchev–Trinajstić information content (AvgIpc) is 3.16. The van der Waals surface area contributed by atoms with Crippen LogP contribution in [0.5, 0.6) is 0 Å². The van der Waals surface area contributed by atoms with Gasteiger partial charge < -0.3 is 15.5 Å². The van der Waals surface area contributed by atoms with Gasteiger partial charge >= 0.3 is 0 Å². The maximum absolute atomic E-state index is 13.1. The van der Waals surface area contributed by atoms with E-state index in [1.54, 1.807) is 17.0 Å². The number of fused-ring (bicyclic) bond motifs is 1. The summed E-state index contributed by atoms with van der Waals surface area (Å²) in [5.41, 5.74) is 7.03. The van der Waals surface area contributed by atoms with Gasteiger partial charge in [-0.2, -0.15) is 4.31 Å². The van der Waals surface area contributed by atoms with E-state index >= 15 is 0 Å². The lowest BCUT2D eigenvalue weighted by molar-refractivity contribution is -0.133. The minimum Gasteiger partial charge on any atom is -0.370 e. The van der Waals surface area contributed by atoms with Crippen LogP contribution in [0.2, 0.25) is 0 Å². The molecule has 0 aliphatic carbocycles. The molecule has 2 aliphatic rings. The van der Waals surface area contributed by atoms with E-state index in [-0.39, 0.29) is 29.7 Å². The van der Waals surface area contributed by atoms with Crippen LogP contribution < -0.4 is 5.73 Å². The van der Waals surface area contributed by atoms with Crippen molar-refractivity contribution in [2.24, 2.45) is 5.73 Å². The standard InChI is InChI=1S/C19H28N4O4S/c1-21(2)16-8-10-23(13-16)28(26,27)17-4-3-14-7-9-22(12-15(14)11-17)19(25)6-5-18(20)24/h3-4,11,16H,5-10,12-13H2,1-2H3,(H2,20,24). The topological polar surface area (TPSA) is 104 Å². The summed E-state index contributed by atoms with van der Waals surface area (Å²) in [7, 11) is 0.368. The first-order valence-electron chi connectivity index (χ1n) is 9.53. The molecule has 2 aliphatic heterocycles. The molecule has 1 atom stereocenters. The molecule has 1 saturated heterocycles. The maximum atomic E-state index is 13.1. The predicted octanol–water partition coefficient (Wildman–Crippen LogP) is 0.161. The zero-order valence-corrected chi connectivity index (χ0v) is 17.2. The van der Waals surface area contributed by atoms with Gasteiger partial charge in [-0.1, -0.05) is 6.07 Å². The number of hydrogen-bond acceptors (Lipinski definition) is 5. The molecule has 2 heterocycles. The number of amides is 2. The molecular weight excluding hydrogens is 380 g/mol. The molecule has 154 valence electrons. The van der Waals surface area contributed by atoms with Crippen LogP contribution in [0.25, 0.3) is 0 Å². The molecule has 28 heavy (non-hydrogen) atoms. The van der Waals surface area contributed by atoms with Crippen molar-refractivity contribution >= 4 is 21.8 Å². The highest BCUT2D eigenvalue weighted by molar-refractivity contribution is 7.89. The van der Waals surface area contributed by atoms with Gasteiger partial charge in [0.1, 0.15) is 0 Å². The number of hydrogen-bond donors (Lipinski definition) is 1. The zero-order chi connectivity index (χ0) is 20.5. The van der Waals surface area contributed by atoms with Crippen LogP contribution in [0.1, 0.15) is 30.4 Å². The summed E-state index contributed by atoms with van der Waals surface area (Å²) in [4.78, 5) is 27.2. The first-order chi connectivity index (χ1) is 13.2. The number of primary amides is 1. The SMILES string of the molecule is CN(C)C1CCN(S(=O)(=O)c2ccc3c(c2)CN(C(=O)CCC(N)=O)CC3)C1. The molecule has 1 unspecified atom stereocenters. The van der Waals surface area contributed by atoms with E-state index in [2.05, 4.69) is 4.90 Å². The molecule has 8 nitrogen and oxygen atoms in total.